The van der Waals surface area contributed by atoms with Gasteiger partial charge in [-0.05, 0) is 31.2 Å². The average molecular weight is 289 g/mol. The zero-order chi connectivity index (χ0) is 15.5. The van der Waals surface area contributed by atoms with Crippen molar-refractivity contribution in [3.63, 3.8) is 0 Å². The van der Waals surface area contributed by atoms with Gasteiger partial charge in [-0.1, -0.05) is 20.8 Å². The third-order valence-electron chi connectivity index (χ3n) is 2.77. The third-order valence-corrected chi connectivity index (χ3v) is 2.77. The molecule has 21 heavy (non-hydrogen) atoms. The molecule has 0 radical (unpaired) electrons. The molecule has 0 aliphatic heterocycles. The Balaban J connectivity index is 2.33. The van der Waals surface area contributed by atoms with E-state index in [9.17, 15) is 4.39 Å². The summed E-state index contributed by atoms with van der Waals surface area (Å²) in [5.74, 6) is 2.09. The van der Waals surface area contributed by atoms with Gasteiger partial charge in [-0.2, -0.15) is 4.98 Å². The number of nitrogens with one attached hydrogen (secondary N) is 1. The molecule has 1 aromatic carbocycles. The van der Waals surface area contributed by atoms with Gasteiger partial charge in [0.2, 0.25) is 5.88 Å². The number of ether oxygens (including phenoxy) is 1. The van der Waals surface area contributed by atoms with Crippen molar-refractivity contribution in [2.45, 2.75) is 33.1 Å². The highest BCUT2D eigenvalue weighted by Gasteiger charge is 2.19. The van der Waals surface area contributed by atoms with Crippen LogP contribution in [-0.2, 0) is 5.41 Å². The van der Waals surface area contributed by atoms with Gasteiger partial charge in [0.1, 0.15) is 23.2 Å². The summed E-state index contributed by atoms with van der Waals surface area (Å²) in [7, 11) is 0. The van der Waals surface area contributed by atoms with Crippen LogP contribution in [0.5, 0.6) is 11.6 Å². The number of hydrogen-bond acceptors (Lipinski definition) is 4. The largest absolute Gasteiger partial charge is 0.439 e. The zero-order valence-corrected chi connectivity index (χ0v) is 12.8. The Bertz CT molecular complexity index is 606. The molecular weight excluding hydrogens is 269 g/mol. The van der Waals surface area contributed by atoms with Crippen molar-refractivity contribution in [3.8, 4) is 11.6 Å². The molecule has 112 valence electrons. The number of benzene rings is 1. The minimum atomic E-state index is -0.297. The van der Waals surface area contributed by atoms with Crippen molar-refractivity contribution >= 4 is 5.82 Å². The smallest absolute Gasteiger partial charge is 0.224 e. The second-order valence-electron chi connectivity index (χ2n) is 5.75. The molecule has 0 aliphatic carbocycles. The summed E-state index contributed by atoms with van der Waals surface area (Å²) in [6.07, 6.45) is 0. The standard InChI is InChI=1S/C16H20FN3O/c1-5-18-13-10-14(20-15(19-13)16(2,3)4)21-12-8-6-11(17)7-9-12/h6-10H,5H2,1-4H3,(H,18,19,20). The van der Waals surface area contributed by atoms with E-state index in [0.29, 0.717) is 17.5 Å². The minimum absolute atomic E-state index is 0.188. The molecule has 2 rings (SSSR count). The summed E-state index contributed by atoms with van der Waals surface area (Å²) in [5, 5.41) is 3.16. The lowest BCUT2D eigenvalue weighted by Gasteiger charge is -2.18. The van der Waals surface area contributed by atoms with E-state index >= 15 is 0 Å². The van der Waals surface area contributed by atoms with E-state index in [4.69, 9.17) is 4.74 Å². The number of anilines is 1. The summed E-state index contributed by atoms with van der Waals surface area (Å²) in [6, 6.07) is 7.59. The fourth-order valence-corrected chi connectivity index (χ4v) is 1.71. The molecule has 0 aliphatic rings. The molecule has 0 fully saturated rings. The average Bonchev–Trinajstić information content (AvgIpc) is 2.41. The number of nitrogens with zero attached hydrogens (tertiary/aromatic N) is 2. The maximum Gasteiger partial charge on any atom is 0.224 e. The second-order valence-corrected chi connectivity index (χ2v) is 5.75. The first-order valence-electron chi connectivity index (χ1n) is 6.95. The summed E-state index contributed by atoms with van der Waals surface area (Å²) in [5.41, 5.74) is -0.188. The molecule has 0 saturated carbocycles. The third kappa shape index (κ3) is 4.15. The van der Waals surface area contributed by atoms with Crippen molar-refractivity contribution in [1.29, 1.82) is 0 Å². The van der Waals surface area contributed by atoms with Crippen LogP contribution in [0.15, 0.2) is 30.3 Å². The van der Waals surface area contributed by atoms with Crippen molar-refractivity contribution < 1.29 is 9.13 Å². The Morgan fingerprint density at radius 1 is 1.14 bits per heavy atom. The lowest BCUT2D eigenvalue weighted by Crippen LogP contribution is -2.17. The monoisotopic (exact) mass is 289 g/mol. The van der Waals surface area contributed by atoms with E-state index in [1.807, 2.05) is 27.7 Å². The predicted octanol–water partition coefficient (Wildman–Crippen LogP) is 4.14. The molecule has 1 heterocycles. The first-order chi connectivity index (χ1) is 9.88. The maximum atomic E-state index is 12.9. The molecule has 0 saturated heterocycles. The molecule has 4 nitrogen and oxygen atoms in total. The predicted molar refractivity (Wildman–Crippen MR) is 81.4 cm³/mol. The van der Waals surface area contributed by atoms with E-state index < -0.39 is 0 Å². The lowest BCUT2D eigenvalue weighted by atomic mass is 9.96. The van der Waals surface area contributed by atoms with E-state index in [-0.39, 0.29) is 11.2 Å². The number of rotatable bonds is 4. The highest BCUT2D eigenvalue weighted by molar-refractivity contribution is 5.40. The number of aromatic nitrogens is 2. The van der Waals surface area contributed by atoms with Crippen molar-refractivity contribution in [2.24, 2.45) is 0 Å². The van der Waals surface area contributed by atoms with Gasteiger partial charge in [0, 0.05) is 18.0 Å². The fraction of sp³-hybridized carbons (Fsp3) is 0.375. The molecule has 5 heteroatoms. The normalized spacial score (nSPS) is 11.3. The molecule has 0 amide bonds. The topological polar surface area (TPSA) is 47.0 Å². The Hall–Kier alpha value is -2.17. The highest BCUT2D eigenvalue weighted by Crippen LogP contribution is 2.26. The van der Waals surface area contributed by atoms with Gasteiger partial charge in [-0.25, -0.2) is 9.37 Å². The van der Waals surface area contributed by atoms with Crippen LogP contribution in [0.2, 0.25) is 0 Å². The summed E-state index contributed by atoms with van der Waals surface area (Å²) >= 11 is 0. The zero-order valence-electron chi connectivity index (χ0n) is 12.8. The van der Waals surface area contributed by atoms with E-state index in [0.717, 1.165) is 12.4 Å². The van der Waals surface area contributed by atoms with Crippen molar-refractivity contribution in [1.82, 2.24) is 9.97 Å². The first-order valence-corrected chi connectivity index (χ1v) is 6.95. The van der Waals surface area contributed by atoms with E-state index in [1.54, 1.807) is 18.2 Å². The molecule has 0 atom stereocenters. The Kier molecular flexibility index (Phi) is 4.40. The van der Waals surface area contributed by atoms with Crippen LogP contribution in [0, 0.1) is 5.82 Å². The van der Waals surface area contributed by atoms with E-state index in [1.165, 1.54) is 12.1 Å². The van der Waals surface area contributed by atoms with Gasteiger partial charge < -0.3 is 10.1 Å². The summed E-state index contributed by atoms with van der Waals surface area (Å²) < 4.78 is 18.6. The van der Waals surface area contributed by atoms with Crippen molar-refractivity contribution in [2.75, 3.05) is 11.9 Å². The number of halogens is 1. The van der Waals surface area contributed by atoms with Crippen LogP contribution in [0.25, 0.3) is 0 Å². The molecule has 0 spiro atoms. The summed E-state index contributed by atoms with van der Waals surface area (Å²) in [4.78, 5) is 8.93. The summed E-state index contributed by atoms with van der Waals surface area (Å²) in [6.45, 7) is 8.88. The quantitative estimate of drug-likeness (QED) is 0.919. The molecule has 0 unspecified atom stereocenters. The van der Waals surface area contributed by atoms with Gasteiger partial charge in [-0.3, -0.25) is 0 Å². The number of hydrogen-bond donors (Lipinski definition) is 1. The van der Waals surface area contributed by atoms with Gasteiger partial charge in [0.25, 0.3) is 0 Å². The van der Waals surface area contributed by atoms with Gasteiger partial charge >= 0.3 is 0 Å². The van der Waals surface area contributed by atoms with Crippen LogP contribution >= 0.6 is 0 Å². The minimum Gasteiger partial charge on any atom is -0.439 e. The Labute approximate surface area is 124 Å². The van der Waals surface area contributed by atoms with Crippen LogP contribution in [-0.4, -0.2) is 16.5 Å². The highest BCUT2D eigenvalue weighted by atomic mass is 19.1. The lowest BCUT2D eigenvalue weighted by molar-refractivity contribution is 0.445. The Morgan fingerprint density at radius 3 is 2.38 bits per heavy atom. The van der Waals surface area contributed by atoms with Crippen LogP contribution in [0.4, 0.5) is 10.2 Å². The van der Waals surface area contributed by atoms with Crippen LogP contribution < -0.4 is 10.1 Å². The van der Waals surface area contributed by atoms with Crippen LogP contribution in [0.1, 0.15) is 33.5 Å². The SMILES string of the molecule is CCNc1cc(Oc2ccc(F)cc2)nc(C(C)(C)C)n1. The molecule has 2 aromatic rings. The fourth-order valence-electron chi connectivity index (χ4n) is 1.71. The van der Waals surface area contributed by atoms with Gasteiger partial charge in [0.15, 0.2) is 0 Å². The molecule has 1 N–H and O–H groups in total. The second kappa shape index (κ2) is 6.08. The van der Waals surface area contributed by atoms with Gasteiger partial charge in [-0.15, -0.1) is 0 Å². The van der Waals surface area contributed by atoms with Crippen molar-refractivity contribution in [3.05, 3.63) is 42.0 Å². The first kappa shape index (κ1) is 15.2. The Morgan fingerprint density at radius 2 is 1.81 bits per heavy atom. The van der Waals surface area contributed by atoms with E-state index in [2.05, 4.69) is 15.3 Å². The molecule has 1 aromatic heterocycles. The van der Waals surface area contributed by atoms with Crippen LogP contribution in [0.3, 0.4) is 0 Å². The molecular formula is C16H20FN3O. The van der Waals surface area contributed by atoms with Gasteiger partial charge in [0.05, 0.1) is 0 Å². The maximum absolute atomic E-state index is 12.9. The molecule has 0 bridgehead atoms.